The molecule has 9 nitrogen and oxygen atoms in total. The maximum atomic E-state index is 11.7. The van der Waals surface area contributed by atoms with Crippen molar-refractivity contribution in [2.24, 2.45) is 0 Å². The van der Waals surface area contributed by atoms with Gasteiger partial charge in [0.1, 0.15) is 5.82 Å². The van der Waals surface area contributed by atoms with Crippen molar-refractivity contribution >= 4 is 27.7 Å². The van der Waals surface area contributed by atoms with E-state index < -0.39 is 9.84 Å². The monoisotopic (exact) mass is 369 g/mol. The molecular formula is C15H23N5O4S. The summed E-state index contributed by atoms with van der Waals surface area (Å²) in [6.07, 6.45) is 1.95. The normalized spacial score (nSPS) is 22.7. The summed E-state index contributed by atoms with van der Waals surface area (Å²) in [5.74, 6) is 1.54. The molecule has 10 heteroatoms. The maximum Gasteiger partial charge on any atom is 0.409 e. The first-order chi connectivity index (χ1) is 12.0. The van der Waals surface area contributed by atoms with E-state index in [4.69, 9.17) is 4.74 Å². The molecule has 1 N–H and O–H groups in total. The maximum absolute atomic E-state index is 11.7. The highest BCUT2D eigenvalue weighted by Gasteiger charge is 2.28. The summed E-state index contributed by atoms with van der Waals surface area (Å²) in [6, 6.07) is 1.68. The van der Waals surface area contributed by atoms with E-state index in [1.54, 1.807) is 18.0 Å². The van der Waals surface area contributed by atoms with E-state index in [0.717, 1.165) is 5.82 Å². The van der Waals surface area contributed by atoms with Crippen molar-refractivity contribution in [1.29, 1.82) is 0 Å². The molecule has 2 aliphatic rings. The van der Waals surface area contributed by atoms with Gasteiger partial charge >= 0.3 is 6.09 Å². The predicted octanol–water partition coefficient (Wildman–Crippen LogP) is 0.354. The number of carbonyl (C=O) groups is 1. The zero-order valence-electron chi connectivity index (χ0n) is 14.2. The molecule has 3 heterocycles. The number of nitrogens with one attached hydrogen (secondary N) is 1. The van der Waals surface area contributed by atoms with Gasteiger partial charge < -0.3 is 19.9 Å². The first-order valence-corrected chi connectivity index (χ1v) is 10.3. The molecule has 1 aromatic heterocycles. The minimum absolute atomic E-state index is 0.124. The highest BCUT2D eigenvalue weighted by atomic mass is 32.2. The molecule has 1 aromatic rings. The Balaban J connectivity index is 1.58. The van der Waals surface area contributed by atoms with Crippen LogP contribution in [0.5, 0.6) is 0 Å². The van der Waals surface area contributed by atoms with Gasteiger partial charge in [-0.1, -0.05) is 0 Å². The third-order valence-corrected chi connectivity index (χ3v) is 6.10. The Morgan fingerprint density at radius 1 is 1.36 bits per heavy atom. The summed E-state index contributed by atoms with van der Waals surface area (Å²) in [4.78, 5) is 24.2. The minimum Gasteiger partial charge on any atom is -0.450 e. The Morgan fingerprint density at radius 3 is 2.76 bits per heavy atom. The Labute approximate surface area is 147 Å². The van der Waals surface area contributed by atoms with Crippen molar-refractivity contribution in [2.75, 3.05) is 54.5 Å². The second-order valence-corrected chi connectivity index (χ2v) is 8.38. The number of anilines is 2. The summed E-state index contributed by atoms with van der Waals surface area (Å²) in [5.41, 5.74) is 0. The molecule has 2 aliphatic heterocycles. The summed E-state index contributed by atoms with van der Waals surface area (Å²) < 4.78 is 28.1. The van der Waals surface area contributed by atoms with E-state index in [0.29, 0.717) is 45.2 Å². The largest absolute Gasteiger partial charge is 0.450 e. The van der Waals surface area contributed by atoms with Gasteiger partial charge in [-0.3, -0.25) is 0 Å². The van der Waals surface area contributed by atoms with Crippen molar-refractivity contribution in [1.82, 2.24) is 14.9 Å². The molecular weight excluding hydrogens is 346 g/mol. The minimum atomic E-state index is -2.94. The smallest absolute Gasteiger partial charge is 0.409 e. The molecule has 0 saturated carbocycles. The van der Waals surface area contributed by atoms with Crippen molar-refractivity contribution in [3.05, 3.63) is 12.3 Å². The lowest BCUT2D eigenvalue weighted by atomic mass is 10.3. The Kier molecular flexibility index (Phi) is 5.26. The second-order valence-electron chi connectivity index (χ2n) is 6.16. The topological polar surface area (TPSA) is 105 Å². The van der Waals surface area contributed by atoms with Crippen LogP contribution in [0.2, 0.25) is 0 Å². The van der Waals surface area contributed by atoms with Crippen LogP contribution in [-0.2, 0) is 14.6 Å². The van der Waals surface area contributed by atoms with Crippen molar-refractivity contribution < 1.29 is 17.9 Å². The fraction of sp³-hybridized carbons (Fsp3) is 0.667. The Morgan fingerprint density at radius 2 is 2.12 bits per heavy atom. The van der Waals surface area contributed by atoms with E-state index in [-0.39, 0.29) is 23.6 Å². The molecule has 138 valence electrons. The highest BCUT2D eigenvalue weighted by Crippen LogP contribution is 2.18. The first-order valence-electron chi connectivity index (χ1n) is 8.43. The molecule has 0 spiro atoms. The van der Waals surface area contributed by atoms with E-state index >= 15 is 0 Å². The number of hydrogen-bond donors (Lipinski definition) is 1. The van der Waals surface area contributed by atoms with Gasteiger partial charge in [-0.15, -0.1) is 0 Å². The molecule has 1 atom stereocenters. The number of rotatable bonds is 4. The molecule has 0 radical (unpaired) electrons. The summed E-state index contributed by atoms with van der Waals surface area (Å²) in [5, 5.41) is 3.11. The number of ether oxygens (including phenoxy) is 1. The number of hydrogen-bond acceptors (Lipinski definition) is 8. The van der Waals surface area contributed by atoms with Gasteiger partial charge in [0, 0.05) is 38.4 Å². The van der Waals surface area contributed by atoms with Gasteiger partial charge in [0.2, 0.25) is 5.95 Å². The van der Waals surface area contributed by atoms with Crippen LogP contribution >= 0.6 is 0 Å². The van der Waals surface area contributed by atoms with Crippen molar-refractivity contribution in [3.8, 4) is 0 Å². The predicted molar refractivity (Wildman–Crippen MR) is 93.5 cm³/mol. The lowest BCUT2D eigenvalue weighted by Gasteiger charge is -2.34. The molecule has 0 aromatic carbocycles. The lowest BCUT2D eigenvalue weighted by Crippen LogP contribution is -2.49. The Hall–Kier alpha value is -2.10. The van der Waals surface area contributed by atoms with E-state index in [2.05, 4.69) is 20.2 Å². The molecule has 2 fully saturated rings. The van der Waals surface area contributed by atoms with Gasteiger partial charge in [-0.25, -0.2) is 18.2 Å². The van der Waals surface area contributed by atoms with Gasteiger partial charge in [-0.05, 0) is 19.4 Å². The van der Waals surface area contributed by atoms with E-state index in [1.807, 2.05) is 6.07 Å². The average molecular weight is 369 g/mol. The van der Waals surface area contributed by atoms with E-state index in [9.17, 15) is 13.2 Å². The van der Waals surface area contributed by atoms with E-state index in [1.165, 1.54) is 0 Å². The molecule has 2 saturated heterocycles. The molecule has 0 bridgehead atoms. The number of carbonyl (C=O) groups excluding carboxylic acids is 1. The van der Waals surface area contributed by atoms with Crippen LogP contribution in [0.4, 0.5) is 16.6 Å². The lowest BCUT2D eigenvalue weighted by molar-refractivity contribution is 0.105. The third kappa shape index (κ3) is 4.50. The molecule has 1 amide bonds. The summed E-state index contributed by atoms with van der Waals surface area (Å²) in [6.45, 7) is 4.63. The number of aromatic nitrogens is 2. The SMILES string of the molecule is CCOC(=O)N1CCN(c2ccnc(NC3CCS(=O)(=O)C3)n2)CC1. The zero-order valence-corrected chi connectivity index (χ0v) is 15.0. The van der Waals surface area contributed by atoms with Crippen LogP contribution in [0.25, 0.3) is 0 Å². The van der Waals surface area contributed by atoms with Crippen LogP contribution in [0, 0.1) is 0 Å². The summed E-state index contributed by atoms with van der Waals surface area (Å²) >= 11 is 0. The molecule has 3 rings (SSSR count). The quantitative estimate of drug-likeness (QED) is 0.811. The van der Waals surface area contributed by atoms with Crippen LogP contribution in [0.3, 0.4) is 0 Å². The van der Waals surface area contributed by atoms with Gasteiger partial charge in [0.25, 0.3) is 0 Å². The van der Waals surface area contributed by atoms with Gasteiger partial charge in [0.15, 0.2) is 9.84 Å². The van der Waals surface area contributed by atoms with Crippen LogP contribution in [-0.4, -0.2) is 79.7 Å². The number of sulfone groups is 1. The Bertz CT molecular complexity index is 718. The zero-order chi connectivity index (χ0) is 17.9. The standard InChI is InChI=1S/C15H23N5O4S/c1-2-24-15(21)20-8-6-19(7-9-20)13-3-5-16-14(18-13)17-12-4-10-25(22,23)11-12/h3,5,12H,2,4,6-11H2,1H3,(H,16,17,18). The number of amides is 1. The fourth-order valence-electron chi connectivity index (χ4n) is 3.02. The molecule has 25 heavy (non-hydrogen) atoms. The van der Waals surface area contributed by atoms with Crippen molar-refractivity contribution in [2.45, 2.75) is 19.4 Å². The fourth-order valence-corrected chi connectivity index (χ4v) is 4.69. The molecule has 0 aliphatic carbocycles. The second kappa shape index (κ2) is 7.42. The number of piperazine rings is 1. The van der Waals surface area contributed by atoms with Crippen LogP contribution in [0.15, 0.2) is 12.3 Å². The van der Waals surface area contributed by atoms with Gasteiger partial charge in [-0.2, -0.15) is 4.98 Å². The van der Waals surface area contributed by atoms with Crippen molar-refractivity contribution in [3.63, 3.8) is 0 Å². The van der Waals surface area contributed by atoms with Crippen LogP contribution in [0.1, 0.15) is 13.3 Å². The summed E-state index contributed by atoms with van der Waals surface area (Å²) in [7, 11) is -2.94. The molecule has 1 unspecified atom stereocenters. The number of nitrogens with zero attached hydrogens (tertiary/aromatic N) is 4. The third-order valence-electron chi connectivity index (χ3n) is 4.34. The van der Waals surface area contributed by atoms with Gasteiger partial charge in [0.05, 0.1) is 18.1 Å². The average Bonchev–Trinajstić information content (AvgIpc) is 2.94. The highest BCUT2D eigenvalue weighted by molar-refractivity contribution is 7.91. The first kappa shape index (κ1) is 17.7. The van der Waals surface area contributed by atoms with Crippen LogP contribution < -0.4 is 10.2 Å².